The highest BCUT2D eigenvalue weighted by molar-refractivity contribution is 8.01. The maximum atomic E-state index is 13.1. The first-order valence-electron chi connectivity index (χ1n) is 9.12. The zero-order valence-electron chi connectivity index (χ0n) is 15.0. The van der Waals surface area contributed by atoms with Gasteiger partial charge < -0.3 is 25.9 Å². The Labute approximate surface area is 157 Å². The molecule has 0 bridgehead atoms. The lowest BCUT2D eigenvalue weighted by atomic mass is 9.88. The van der Waals surface area contributed by atoms with Crippen molar-refractivity contribution in [2.45, 2.75) is 74.7 Å². The largest absolute Gasteiger partial charge is 0.481 e. The Kier molecular flexibility index (Phi) is 7.31. The van der Waals surface area contributed by atoms with Crippen LogP contribution in [-0.2, 0) is 14.4 Å². The molecule has 0 aromatic heterocycles. The summed E-state index contributed by atoms with van der Waals surface area (Å²) in [5.41, 5.74) is 0. The number of carbonyl (C=O) groups excluding carboxylic acids is 3. The van der Waals surface area contributed by atoms with Crippen LogP contribution in [0.1, 0.15) is 51.9 Å². The highest BCUT2D eigenvalue weighted by atomic mass is 32.2. The van der Waals surface area contributed by atoms with E-state index in [4.69, 9.17) is 5.11 Å². The zero-order valence-corrected chi connectivity index (χ0v) is 15.8. The molecule has 0 spiro atoms. The molecule has 2 fully saturated rings. The van der Waals surface area contributed by atoms with Gasteiger partial charge in [0.15, 0.2) is 0 Å². The van der Waals surface area contributed by atoms with Crippen molar-refractivity contribution >= 4 is 36.0 Å². The number of fused-ring (bicyclic) bond motifs is 1. The van der Waals surface area contributed by atoms with Crippen molar-refractivity contribution in [3.05, 3.63) is 0 Å². The molecule has 2 heterocycles. The Morgan fingerprint density at radius 1 is 1.38 bits per heavy atom. The van der Waals surface area contributed by atoms with E-state index in [1.807, 2.05) is 6.92 Å². The Morgan fingerprint density at radius 3 is 2.81 bits per heavy atom. The number of aliphatic carboxylic acids is 1. The van der Waals surface area contributed by atoms with Gasteiger partial charge in [0, 0.05) is 12.2 Å². The molecule has 8 nitrogen and oxygen atoms in total. The van der Waals surface area contributed by atoms with E-state index < -0.39 is 16.8 Å². The summed E-state index contributed by atoms with van der Waals surface area (Å²) in [6, 6.07) is -1.32. The second kappa shape index (κ2) is 9.25. The standard InChI is InChI=1S/C17H27N3O5S/c1-2-3-6-11(9-21)18-15(24)17(8-5-4-7-13(22)23)14-12(10-26-17)19-16(25)20-14/h9,11-12,14H,2-8,10H2,1H3,(H,18,24)(H,22,23)(H2,19,20,25)/t11?,12-,14-,17-/m0/s1. The van der Waals surface area contributed by atoms with Crippen LogP contribution in [-0.4, -0.2) is 57.9 Å². The minimum Gasteiger partial charge on any atom is -0.481 e. The van der Waals surface area contributed by atoms with Crippen molar-refractivity contribution in [1.29, 1.82) is 0 Å². The first-order valence-corrected chi connectivity index (χ1v) is 10.1. The summed E-state index contributed by atoms with van der Waals surface area (Å²) in [5, 5.41) is 17.3. The predicted octanol–water partition coefficient (Wildman–Crippen LogP) is 1.04. The Morgan fingerprint density at radius 2 is 2.15 bits per heavy atom. The Balaban J connectivity index is 2.09. The second-order valence-electron chi connectivity index (χ2n) is 6.86. The summed E-state index contributed by atoms with van der Waals surface area (Å²) in [7, 11) is 0. The molecule has 2 aliphatic heterocycles. The van der Waals surface area contributed by atoms with Crippen molar-refractivity contribution < 1.29 is 24.3 Å². The summed E-state index contributed by atoms with van der Waals surface area (Å²) < 4.78 is -0.879. The van der Waals surface area contributed by atoms with Gasteiger partial charge in [-0.25, -0.2) is 4.79 Å². The van der Waals surface area contributed by atoms with E-state index in [0.29, 0.717) is 31.4 Å². The number of carboxylic acid groups (broad SMARTS) is 1. The molecule has 0 saturated carbocycles. The SMILES string of the molecule is CCCCC(C=O)NC(=O)[C@@]1(CCCCC(=O)O)SC[C@@H]2NC(=O)N[C@@H]21. The van der Waals surface area contributed by atoms with Crippen LogP contribution in [0.15, 0.2) is 0 Å². The van der Waals surface area contributed by atoms with Crippen LogP contribution in [0.2, 0.25) is 0 Å². The summed E-state index contributed by atoms with van der Waals surface area (Å²) in [4.78, 5) is 46.8. The number of nitrogens with one attached hydrogen (secondary N) is 3. The van der Waals surface area contributed by atoms with Crippen LogP contribution >= 0.6 is 11.8 Å². The van der Waals surface area contributed by atoms with Crippen molar-refractivity contribution in [1.82, 2.24) is 16.0 Å². The van der Waals surface area contributed by atoms with Gasteiger partial charge in [-0.2, -0.15) is 0 Å². The van der Waals surface area contributed by atoms with Crippen LogP contribution in [0.25, 0.3) is 0 Å². The molecule has 0 aromatic carbocycles. The number of urea groups is 1. The highest BCUT2D eigenvalue weighted by Gasteiger charge is 2.57. The molecule has 3 amide bonds. The molecule has 4 atom stereocenters. The van der Waals surface area contributed by atoms with E-state index in [1.54, 1.807) is 0 Å². The van der Waals surface area contributed by atoms with Crippen LogP contribution in [0.3, 0.4) is 0 Å². The van der Waals surface area contributed by atoms with Gasteiger partial charge in [-0.15, -0.1) is 11.8 Å². The van der Waals surface area contributed by atoms with E-state index >= 15 is 0 Å². The molecule has 26 heavy (non-hydrogen) atoms. The average molecular weight is 385 g/mol. The fourth-order valence-electron chi connectivity index (χ4n) is 3.54. The summed E-state index contributed by atoms with van der Waals surface area (Å²) in [5.74, 6) is -0.504. The van der Waals surface area contributed by atoms with Crippen molar-refractivity contribution in [2.75, 3.05) is 5.75 Å². The van der Waals surface area contributed by atoms with Crippen molar-refractivity contribution in [3.63, 3.8) is 0 Å². The molecule has 0 aromatic rings. The van der Waals surface area contributed by atoms with E-state index in [9.17, 15) is 19.2 Å². The van der Waals surface area contributed by atoms with Gasteiger partial charge >= 0.3 is 12.0 Å². The minimum absolute atomic E-state index is 0.0501. The first kappa shape index (κ1) is 20.5. The highest BCUT2D eigenvalue weighted by Crippen LogP contribution is 2.44. The summed E-state index contributed by atoms with van der Waals surface area (Å²) in [6.07, 6.45) is 4.65. The fourth-order valence-corrected chi connectivity index (χ4v) is 5.18. The van der Waals surface area contributed by atoms with E-state index in [-0.39, 0.29) is 30.4 Å². The minimum atomic E-state index is -0.879. The first-order chi connectivity index (χ1) is 12.4. The fraction of sp³-hybridized carbons (Fsp3) is 0.765. The lowest BCUT2D eigenvalue weighted by Gasteiger charge is -2.33. The van der Waals surface area contributed by atoms with Crippen LogP contribution in [0.4, 0.5) is 4.79 Å². The number of carbonyl (C=O) groups is 4. The maximum Gasteiger partial charge on any atom is 0.315 e. The molecular formula is C17H27N3O5S. The number of aldehydes is 1. The number of unbranched alkanes of at least 4 members (excludes halogenated alkanes) is 2. The maximum absolute atomic E-state index is 13.1. The Hall–Kier alpha value is -1.77. The van der Waals surface area contributed by atoms with Gasteiger partial charge in [0.1, 0.15) is 11.0 Å². The monoisotopic (exact) mass is 385 g/mol. The van der Waals surface area contributed by atoms with Crippen LogP contribution in [0.5, 0.6) is 0 Å². The zero-order chi connectivity index (χ0) is 19.2. The normalized spacial score (nSPS) is 28.0. The smallest absolute Gasteiger partial charge is 0.315 e. The lowest BCUT2D eigenvalue weighted by molar-refractivity contribution is -0.137. The third-order valence-electron chi connectivity index (χ3n) is 4.95. The van der Waals surface area contributed by atoms with Gasteiger partial charge in [0.05, 0.1) is 18.1 Å². The van der Waals surface area contributed by atoms with Crippen LogP contribution in [0, 0.1) is 0 Å². The van der Waals surface area contributed by atoms with Gasteiger partial charge in [0.25, 0.3) is 0 Å². The van der Waals surface area contributed by atoms with Crippen molar-refractivity contribution in [3.8, 4) is 0 Å². The number of thioether (sulfide) groups is 1. The molecule has 4 N–H and O–H groups in total. The van der Waals surface area contributed by atoms with Gasteiger partial charge in [-0.05, 0) is 19.3 Å². The molecule has 9 heteroatoms. The summed E-state index contributed by atoms with van der Waals surface area (Å²) in [6.45, 7) is 2.02. The molecule has 0 radical (unpaired) electrons. The number of hydrogen-bond acceptors (Lipinski definition) is 5. The Bertz CT molecular complexity index is 559. The number of rotatable bonds is 11. The van der Waals surface area contributed by atoms with Gasteiger partial charge in [-0.1, -0.05) is 26.2 Å². The number of hydrogen-bond donors (Lipinski definition) is 4. The van der Waals surface area contributed by atoms with E-state index in [0.717, 1.165) is 19.1 Å². The number of amides is 3. The topological polar surface area (TPSA) is 125 Å². The predicted molar refractivity (Wildman–Crippen MR) is 98.1 cm³/mol. The van der Waals surface area contributed by atoms with E-state index in [1.165, 1.54) is 11.8 Å². The molecule has 1 unspecified atom stereocenters. The molecule has 146 valence electrons. The summed E-state index contributed by atoms with van der Waals surface area (Å²) >= 11 is 1.47. The molecule has 2 saturated heterocycles. The molecule has 2 aliphatic rings. The molecule has 2 rings (SSSR count). The molecule has 0 aliphatic carbocycles. The van der Waals surface area contributed by atoms with Crippen LogP contribution < -0.4 is 16.0 Å². The second-order valence-corrected chi connectivity index (χ2v) is 8.21. The molecular weight excluding hydrogens is 358 g/mol. The third-order valence-corrected chi connectivity index (χ3v) is 6.64. The van der Waals surface area contributed by atoms with E-state index in [2.05, 4.69) is 16.0 Å². The van der Waals surface area contributed by atoms with Gasteiger partial charge in [0.2, 0.25) is 5.91 Å². The lowest BCUT2D eigenvalue weighted by Crippen LogP contribution is -2.58. The van der Waals surface area contributed by atoms with Crippen molar-refractivity contribution in [2.24, 2.45) is 0 Å². The number of carboxylic acids is 1. The average Bonchev–Trinajstić information content (AvgIpc) is 3.13. The quantitative estimate of drug-likeness (QED) is 0.239. The van der Waals surface area contributed by atoms with Gasteiger partial charge in [-0.3, -0.25) is 9.59 Å². The third kappa shape index (κ3) is 4.69.